The summed E-state index contributed by atoms with van der Waals surface area (Å²) in [5, 5.41) is 0. The number of halogens is 2. The van der Waals surface area contributed by atoms with Crippen LogP contribution in [-0.4, -0.2) is 25.8 Å². The van der Waals surface area contributed by atoms with Crippen molar-refractivity contribution in [2.24, 2.45) is 11.8 Å². The highest BCUT2D eigenvalue weighted by atomic mass is 79.9. The van der Waals surface area contributed by atoms with Crippen molar-refractivity contribution >= 4 is 37.4 Å². The second-order valence-corrected chi connectivity index (χ2v) is 8.36. The van der Waals surface area contributed by atoms with Gasteiger partial charge in [-0.3, -0.25) is 0 Å². The Morgan fingerprint density at radius 3 is 2.50 bits per heavy atom. The summed E-state index contributed by atoms with van der Waals surface area (Å²) >= 11 is 9.42. The molecule has 0 amide bonds. The topological polar surface area (TPSA) is 34.1 Å². The molecule has 1 fully saturated rings. The van der Waals surface area contributed by atoms with Crippen LogP contribution in [0.3, 0.4) is 0 Å². The van der Waals surface area contributed by atoms with Crippen LogP contribution in [-0.2, 0) is 16.3 Å². The normalized spacial score (nSPS) is 24.0. The third-order valence-electron chi connectivity index (χ3n) is 3.54. The molecule has 2 nitrogen and oxygen atoms in total. The lowest BCUT2D eigenvalue weighted by Gasteiger charge is -2.20. The third kappa shape index (κ3) is 3.72. The summed E-state index contributed by atoms with van der Waals surface area (Å²) < 4.78 is 24.1. The Hall–Kier alpha value is -0.0600. The molecule has 0 spiro atoms. The van der Waals surface area contributed by atoms with E-state index >= 15 is 0 Å². The first-order chi connectivity index (χ1) is 8.50. The van der Waals surface area contributed by atoms with E-state index in [0.29, 0.717) is 17.4 Å². The quantitative estimate of drug-likeness (QED) is 0.780. The number of rotatable bonds is 4. The van der Waals surface area contributed by atoms with Gasteiger partial charge in [-0.1, -0.05) is 28.1 Å². The first kappa shape index (κ1) is 14.4. The van der Waals surface area contributed by atoms with Gasteiger partial charge < -0.3 is 0 Å². The maximum absolute atomic E-state index is 11.5. The van der Waals surface area contributed by atoms with Gasteiger partial charge >= 0.3 is 0 Å². The molecule has 1 aliphatic rings. The molecular formula is C13H16BrClO2S. The fraction of sp³-hybridized carbons (Fsp3) is 0.538. The van der Waals surface area contributed by atoms with Crippen molar-refractivity contribution in [1.29, 1.82) is 0 Å². The summed E-state index contributed by atoms with van der Waals surface area (Å²) in [5.41, 5.74) is 1.22. The van der Waals surface area contributed by atoms with Crippen LogP contribution in [0.4, 0.5) is 0 Å². The Bertz CT molecular complexity index is 498. The first-order valence-corrected chi connectivity index (χ1v) is 9.16. The van der Waals surface area contributed by atoms with E-state index in [1.54, 1.807) is 0 Å². The van der Waals surface area contributed by atoms with Crippen LogP contribution in [0.2, 0.25) is 0 Å². The molecule has 1 saturated heterocycles. The molecule has 1 aromatic carbocycles. The zero-order valence-corrected chi connectivity index (χ0v) is 13.1. The van der Waals surface area contributed by atoms with Gasteiger partial charge in [0.2, 0.25) is 0 Å². The van der Waals surface area contributed by atoms with Crippen LogP contribution in [0.15, 0.2) is 28.7 Å². The maximum atomic E-state index is 11.5. The molecule has 0 radical (unpaired) electrons. The smallest absolute Gasteiger partial charge is 0.150 e. The van der Waals surface area contributed by atoms with Gasteiger partial charge in [-0.2, -0.15) is 0 Å². The number of alkyl halides is 1. The van der Waals surface area contributed by atoms with Gasteiger partial charge in [-0.25, -0.2) is 8.42 Å². The van der Waals surface area contributed by atoms with E-state index < -0.39 is 9.84 Å². The van der Waals surface area contributed by atoms with E-state index in [4.69, 9.17) is 11.6 Å². The Morgan fingerprint density at radius 1 is 1.33 bits per heavy atom. The predicted molar refractivity (Wildman–Crippen MR) is 78.8 cm³/mol. The molecule has 0 N–H and O–H groups in total. The van der Waals surface area contributed by atoms with Crippen LogP contribution in [0.5, 0.6) is 0 Å². The average molecular weight is 352 g/mol. The van der Waals surface area contributed by atoms with Gasteiger partial charge in [0.25, 0.3) is 0 Å². The van der Waals surface area contributed by atoms with E-state index in [0.717, 1.165) is 17.3 Å². The molecule has 2 atom stereocenters. The van der Waals surface area contributed by atoms with Crippen molar-refractivity contribution in [3.05, 3.63) is 34.3 Å². The molecule has 2 unspecified atom stereocenters. The van der Waals surface area contributed by atoms with Crippen molar-refractivity contribution in [2.75, 3.05) is 17.4 Å². The molecule has 0 aliphatic carbocycles. The number of benzene rings is 1. The van der Waals surface area contributed by atoms with Crippen LogP contribution >= 0.6 is 27.5 Å². The van der Waals surface area contributed by atoms with Gasteiger partial charge in [0, 0.05) is 10.4 Å². The second kappa shape index (κ2) is 5.93. The fourth-order valence-electron chi connectivity index (χ4n) is 2.47. The van der Waals surface area contributed by atoms with E-state index in [9.17, 15) is 8.42 Å². The summed E-state index contributed by atoms with van der Waals surface area (Å²) in [5.74, 6) is 1.63. The van der Waals surface area contributed by atoms with Crippen molar-refractivity contribution in [1.82, 2.24) is 0 Å². The summed E-state index contributed by atoms with van der Waals surface area (Å²) in [7, 11) is -2.82. The Morgan fingerprint density at radius 2 is 2.00 bits per heavy atom. The lowest BCUT2D eigenvalue weighted by atomic mass is 9.88. The molecule has 2 rings (SSSR count). The van der Waals surface area contributed by atoms with Crippen molar-refractivity contribution in [2.45, 2.75) is 12.8 Å². The largest absolute Gasteiger partial charge is 0.229 e. The number of hydrogen-bond donors (Lipinski definition) is 0. The lowest BCUT2D eigenvalue weighted by molar-refractivity contribution is 0.398. The Labute approximate surface area is 122 Å². The molecular weight excluding hydrogens is 336 g/mol. The van der Waals surface area contributed by atoms with Crippen LogP contribution in [0, 0.1) is 11.8 Å². The van der Waals surface area contributed by atoms with Gasteiger partial charge in [0.1, 0.15) is 0 Å². The SMILES string of the molecule is O=S1(=O)CCC(C(CCl)Cc2ccc(Br)cc2)C1. The fourth-order valence-corrected chi connectivity index (χ4v) is 5.01. The minimum atomic E-state index is -2.82. The summed E-state index contributed by atoms with van der Waals surface area (Å²) in [6.07, 6.45) is 1.62. The summed E-state index contributed by atoms with van der Waals surface area (Å²) in [6, 6.07) is 8.14. The Balaban J connectivity index is 2.04. The van der Waals surface area contributed by atoms with Crippen molar-refractivity contribution < 1.29 is 8.42 Å². The van der Waals surface area contributed by atoms with Crippen molar-refractivity contribution in [3.8, 4) is 0 Å². The third-order valence-corrected chi connectivity index (χ3v) is 6.26. The standard InChI is InChI=1S/C13H16BrClO2S/c14-13-3-1-10(2-4-13)7-12(8-15)11-5-6-18(16,17)9-11/h1-4,11-12H,5-9H2. The monoisotopic (exact) mass is 350 g/mol. The molecule has 1 aliphatic heterocycles. The highest BCUT2D eigenvalue weighted by Crippen LogP contribution is 2.29. The molecule has 1 aromatic rings. The predicted octanol–water partition coefficient (Wildman–Crippen LogP) is 3.28. The van der Waals surface area contributed by atoms with Gasteiger partial charge in [0.15, 0.2) is 9.84 Å². The molecule has 0 saturated carbocycles. The highest BCUT2D eigenvalue weighted by Gasteiger charge is 2.33. The molecule has 5 heteroatoms. The zero-order chi connectivity index (χ0) is 13.2. The zero-order valence-electron chi connectivity index (χ0n) is 9.98. The van der Waals surface area contributed by atoms with Crippen LogP contribution in [0.25, 0.3) is 0 Å². The average Bonchev–Trinajstić information content (AvgIpc) is 2.69. The van der Waals surface area contributed by atoms with E-state index in [1.807, 2.05) is 12.1 Å². The maximum Gasteiger partial charge on any atom is 0.150 e. The van der Waals surface area contributed by atoms with E-state index in [2.05, 4.69) is 28.1 Å². The second-order valence-electron chi connectivity index (χ2n) is 4.91. The minimum Gasteiger partial charge on any atom is -0.229 e. The minimum absolute atomic E-state index is 0.219. The van der Waals surface area contributed by atoms with E-state index in [-0.39, 0.29) is 11.8 Å². The number of sulfone groups is 1. The molecule has 0 bridgehead atoms. The van der Waals surface area contributed by atoms with Gasteiger partial charge in [0.05, 0.1) is 11.5 Å². The highest BCUT2D eigenvalue weighted by molar-refractivity contribution is 9.10. The van der Waals surface area contributed by atoms with Crippen molar-refractivity contribution in [3.63, 3.8) is 0 Å². The van der Waals surface area contributed by atoms with Crippen LogP contribution in [0.1, 0.15) is 12.0 Å². The van der Waals surface area contributed by atoms with Gasteiger partial charge in [-0.15, -0.1) is 11.6 Å². The molecule has 1 heterocycles. The molecule has 0 aromatic heterocycles. The Kier molecular flexibility index (Phi) is 4.73. The lowest BCUT2D eigenvalue weighted by Crippen LogP contribution is -2.20. The molecule has 18 heavy (non-hydrogen) atoms. The van der Waals surface area contributed by atoms with E-state index in [1.165, 1.54) is 5.56 Å². The summed E-state index contributed by atoms with van der Waals surface area (Å²) in [4.78, 5) is 0. The first-order valence-electron chi connectivity index (χ1n) is 6.01. The van der Waals surface area contributed by atoms with Crippen LogP contribution < -0.4 is 0 Å². The summed E-state index contributed by atoms with van der Waals surface area (Å²) in [6.45, 7) is 0. The number of hydrogen-bond acceptors (Lipinski definition) is 2. The molecule has 100 valence electrons. The van der Waals surface area contributed by atoms with Gasteiger partial charge in [-0.05, 0) is 42.4 Å².